The smallest absolute Gasteiger partial charge is 0.309 e. The lowest BCUT2D eigenvalue weighted by Gasteiger charge is -2.23. The summed E-state index contributed by atoms with van der Waals surface area (Å²) in [6, 6.07) is 7.17. The Bertz CT molecular complexity index is 425. The van der Waals surface area contributed by atoms with E-state index in [1.165, 1.54) is 0 Å². The predicted octanol–water partition coefficient (Wildman–Crippen LogP) is 3.75. The van der Waals surface area contributed by atoms with E-state index in [0.717, 1.165) is 25.7 Å². The van der Waals surface area contributed by atoms with Crippen LogP contribution in [0.25, 0.3) is 0 Å². The number of ether oxygens (including phenoxy) is 1. The largest absolute Gasteiger partial charge is 0.494 e. The second-order valence-corrected chi connectivity index (χ2v) is 5.28. The third-order valence-electron chi connectivity index (χ3n) is 3.66. The van der Waals surface area contributed by atoms with Gasteiger partial charge in [0.15, 0.2) is 0 Å². The van der Waals surface area contributed by atoms with Crippen LogP contribution in [0.1, 0.15) is 32.1 Å². The van der Waals surface area contributed by atoms with E-state index in [9.17, 15) is 9.90 Å². The van der Waals surface area contributed by atoms with Crippen molar-refractivity contribution in [3.8, 4) is 5.75 Å². The molecule has 98 valence electrons. The van der Waals surface area contributed by atoms with Crippen molar-refractivity contribution in [2.45, 2.75) is 32.1 Å². The molecular formula is C14H17ClO3. The number of carboxylic acids is 1. The van der Waals surface area contributed by atoms with Gasteiger partial charge in [-0.05, 0) is 37.5 Å². The van der Waals surface area contributed by atoms with Gasteiger partial charge in [-0.25, -0.2) is 0 Å². The molecule has 4 heteroatoms. The van der Waals surface area contributed by atoms with Crippen LogP contribution in [0, 0.1) is 5.41 Å². The molecule has 1 aliphatic rings. The minimum Gasteiger partial charge on any atom is -0.494 e. The second kappa shape index (κ2) is 5.61. The average molecular weight is 269 g/mol. The highest BCUT2D eigenvalue weighted by Gasteiger charge is 2.40. The molecule has 0 aliphatic heterocycles. The van der Waals surface area contributed by atoms with Gasteiger partial charge in [0.05, 0.1) is 12.0 Å². The van der Waals surface area contributed by atoms with Gasteiger partial charge in [-0.1, -0.05) is 30.5 Å². The maximum Gasteiger partial charge on any atom is 0.309 e. The Kier molecular flexibility index (Phi) is 4.12. The number of aliphatic carboxylic acids is 1. The molecule has 2 rings (SSSR count). The zero-order chi connectivity index (χ0) is 13.0. The molecule has 1 saturated carbocycles. The molecule has 0 bridgehead atoms. The van der Waals surface area contributed by atoms with Gasteiger partial charge in [0.25, 0.3) is 0 Å². The Morgan fingerprint density at radius 2 is 2.11 bits per heavy atom. The average Bonchev–Trinajstić information content (AvgIpc) is 2.79. The van der Waals surface area contributed by atoms with Crippen LogP contribution >= 0.6 is 11.6 Å². The van der Waals surface area contributed by atoms with Crippen molar-refractivity contribution in [1.29, 1.82) is 0 Å². The summed E-state index contributed by atoms with van der Waals surface area (Å²) in [6.45, 7) is 0.423. The molecule has 18 heavy (non-hydrogen) atoms. The molecule has 0 radical (unpaired) electrons. The van der Waals surface area contributed by atoms with E-state index in [4.69, 9.17) is 16.3 Å². The molecule has 3 nitrogen and oxygen atoms in total. The number of rotatable bonds is 5. The first kappa shape index (κ1) is 13.2. The maximum atomic E-state index is 11.3. The summed E-state index contributed by atoms with van der Waals surface area (Å²) >= 11 is 5.85. The summed E-state index contributed by atoms with van der Waals surface area (Å²) in [5.74, 6) is 0.00993. The van der Waals surface area contributed by atoms with Crippen LogP contribution in [0.15, 0.2) is 24.3 Å². The van der Waals surface area contributed by atoms with Gasteiger partial charge in [0.2, 0.25) is 0 Å². The normalized spacial score (nSPS) is 17.6. The van der Waals surface area contributed by atoms with Crippen LogP contribution in [0.3, 0.4) is 0 Å². The van der Waals surface area contributed by atoms with Gasteiger partial charge >= 0.3 is 5.97 Å². The maximum absolute atomic E-state index is 11.3. The summed E-state index contributed by atoms with van der Waals surface area (Å²) in [4.78, 5) is 11.3. The number of hydrogen-bond donors (Lipinski definition) is 1. The predicted molar refractivity (Wildman–Crippen MR) is 70.1 cm³/mol. The molecule has 0 unspecified atom stereocenters. The van der Waals surface area contributed by atoms with Gasteiger partial charge in [0, 0.05) is 5.02 Å². The lowest BCUT2D eigenvalue weighted by atomic mass is 9.83. The fourth-order valence-corrected chi connectivity index (χ4v) is 2.72. The van der Waals surface area contributed by atoms with Crippen molar-refractivity contribution >= 4 is 17.6 Å². The molecule has 0 amide bonds. The lowest BCUT2D eigenvalue weighted by molar-refractivity contribution is -0.149. The number of carboxylic acid groups (broad SMARTS) is 1. The molecule has 0 atom stereocenters. The van der Waals surface area contributed by atoms with Crippen molar-refractivity contribution in [2.24, 2.45) is 5.41 Å². The Hall–Kier alpha value is -1.22. The van der Waals surface area contributed by atoms with Crippen molar-refractivity contribution in [3.05, 3.63) is 29.3 Å². The molecule has 0 aromatic heterocycles. The summed E-state index contributed by atoms with van der Waals surface area (Å²) in [5.41, 5.74) is -0.571. The van der Waals surface area contributed by atoms with Crippen molar-refractivity contribution < 1.29 is 14.6 Å². The molecule has 0 saturated heterocycles. The van der Waals surface area contributed by atoms with Crippen LogP contribution in [0.4, 0.5) is 0 Å². The zero-order valence-corrected chi connectivity index (χ0v) is 10.9. The number of hydrogen-bond acceptors (Lipinski definition) is 2. The fraction of sp³-hybridized carbons (Fsp3) is 0.500. The lowest BCUT2D eigenvalue weighted by Crippen LogP contribution is -2.29. The van der Waals surface area contributed by atoms with E-state index in [1.54, 1.807) is 12.1 Å². The minimum absolute atomic E-state index is 0.423. The van der Waals surface area contributed by atoms with Crippen molar-refractivity contribution in [2.75, 3.05) is 6.61 Å². The molecule has 0 heterocycles. The number of halogens is 1. The van der Waals surface area contributed by atoms with E-state index in [1.807, 2.05) is 12.1 Å². The van der Waals surface area contributed by atoms with E-state index < -0.39 is 11.4 Å². The van der Waals surface area contributed by atoms with Gasteiger partial charge < -0.3 is 9.84 Å². The van der Waals surface area contributed by atoms with Crippen LogP contribution in [0.2, 0.25) is 5.02 Å². The highest BCUT2D eigenvalue weighted by atomic mass is 35.5. The molecule has 1 aliphatic carbocycles. The molecule has 1 aromatic rings. The van der Waals surface area contributed by atoms with Gasteiger partial charge in [0.1, 0.15) is 5.75 Å². The fourth-order valence-electron chi connectivity index (χ4n) is 2.54. The van der Waals surface area contributed by atoms with E-state index in [0.29, 0.717) is 23.8 Å². The van der Waals surface area contributed by atoms with E-state index in [2.05, 4.69) is 0 Å². The minimum atomic E-state index is -0.685. The summed E-state index contributed by atoms with van der Waals surface area (Å²) in [7, 11) is 0. The summed E-state index contributed by atoms with van der Waals surface area (Å²) in [5, 5.41) is 9.95. The Morgan fingerprint density at radius 3 is 2.72 bits per heavy atom. The highest BCUT2D eigenvalue weighted by molar-refractivity contribution is 6.30. The third kappa shape index (κ3) is 2.96. The first-order valence-corrected chi connectivity index (χ1v) is 6.62. The van der Waals surface area contributed by atoms with Crippen LogP contribution in [0.5, 0.6) is 5.75 Å². The van der Waals surface area contributed by atoms with Crippen molar-refractivity contribution in [3.63, 3.8) is 0 Å². The Balaban J connectivity index is 1.89. The molecule has 1 N–H and O–H groups in total. The topological polar surface area (TPSA) is 46.5 Å². The molecule has 0 spiro atoms. The Morgan fingerprint density at radius 1 is 1.39 bits per heavy atom. The number of benzene rings is 1. The standard InChI is InChI=1S/C14H17ClO3/c15-11-4-3-5-12(10-11)18-9-8-14(13(16)17)6-1-2-7-14/h3-5,10H,1-2,6-9H2,(H,16,17). The molecule has 1 aromatic carbocycles. The third-order valence-corrected chi connectivity index (χ3v) is 3.89. The second-order valence-electron chi connectivity index (χ2n) is 4.85. The summed E-state index contributed by atoms with van der Waals surface area (Å²) < 4.78 is 5.58. The quantitative estimate of drug-likeness (QED) is 0.885. The van der Waals surface area contributed by atoms with Crippen LogP contribution in [-0.2, 0) is 4.79 Å². The molecule has 1 fully saturated rings. The SMILES string of the molecule is O=C(O)C1(CCOc2cccc(Cl)c2)CCCC1. The van der Waals surface area contributed by atoms with Crippen LogP contribution < -0.4 is 4.74 Å². The Labute approximate surface area is 112 Å². The first-order chi connectivity index (χ1) is 8.62. The summed E-state index contributed by atoms with van der Waals surface area (Å²) in [6.07, 6.45) is 4.10. The van der Waals surface area contributed by atoms with E-state index >= 15 is 0 Å². The van der Waals surface area contributed by atoms with E-state index in [-0.39, 0.29) is 0 Å². The van der Waals surface area contributed by atoms with Gasteiger partial charge in [-0.3, -0.25) is 4.79 Å². The van der Waals surface area contributed by atoms with Gasteiger partial charge in [-0.15, -0.1) is 0 Å². The first-order valence-electron chi connectivity index (χ1n) is 6.24. The van der Waals surface area contributed by atoms with Gasteiger partial charge in [-0.2, -0.15) is 0 Å². The van der Waals surface area contributed by atoms with Crippen LogP contribution in [-0.4, -0.2) is 17.7 Å². The highest BCUT2D eigenvalue weighted by Crippen LogP contribution is 2.41. The van der Waals surface area contributed by atoms with Crippen molar-refractivity contribution in [1.82, 2.24) is 0 Å². The number of carbonyl (C=O) groups is 1. The molecular weight excluding hydrogens is 252 g/mol. The monoisotopic (exact) mass is 268 g/mol. The zero-order valence-electron chi connectivity index (χ0n) is 10.2.